The monoisotopic (exact) mass is 784 g/mol. The summed E-state index contributed by atoms with van der Waals surface area (Å²) in [5.41, 5.74) is 17.4. The number of para-hydroxylation sites is 2. The highest BCUT2D eigenvalue weighted by Gasteiger charge is 2.23. The van der Waals surface area contributed by atoms with E-state index >= 15 is 0 Å². The van der Waals surface area contributed by atoms with Crippen LogP contribution in [0.4, 0.5) is 0 Å². The molecule has 0 bridgehead atoms. The molecule has 0 radical (unpaired) electrons. The third-order valence-corrected chi connectivity index (χ3v) is 13.6. The van der Waals surface area contributed by atoms with Crippen LogP contribution in [-0.2, 0) is 0 Å². The number of hydrogen-bond donors (Lipinski definition) is 0. The SMILES string of the molecule is c1ccc(-n2c3cc(-c4ccc5c6ccccc6n(-c6ccc7ccc(-c8ccc9c%10c(cccc8%10)-c8ccccc8-9)cc7c6)c5c4)ccc3c3ccc4ccccc4c32)cc1. The molecule has 0 N–H and O–H groups in total. The highest BCUT2D eigenvalue weighted by molar-refractivity contribution is 6.20. The fourth-order valence-electron chi connectivity index (χ4n) is 10.8. The molecular weight excluding hydrogens is 749 g/mol. The Morgan fingerprint density at radius 1 is 0.242 bits per heavy atom. The van der Waals surface area contributed by atoms with Crippen molar-refractivity contribution < 1.29 is 0 Å². The zero-order chi connectivity index (χ0) is 40.5. The Morgan fingerprint density at radius 3 is 1.66 bits per heavy atom. The number of fused-ring (bicyclic) bond motifs is 12. The van der Waals surface area contributed by atoms with E-state index in [1.807, 2.05) is 0 Å². The first-order valence-electron chi connectivity index (χ1n) is 21.5. The van der Waals surface area contributed by atoms with Crippen molar-refractivity contribution in [1.29, 1.82) is 0 Å². The summed E-state index contributed by atoms with van der Waals surface area (Å²) in [6.45, 7) is 0. The van der Waals surface area contributed by atoms with Gasteiger partial charge in [-0.1, -0.05) is 170 Å². The Bertz CT molecular complexity index is 4000. The second-order valence-corrected chi connectivity index (χ2v) is 16.9. The summed E-state index contributed by atoms with van der Waals surface area (Å²) >= 11 is 0. The third kappa shape index (κ3) is 4.69. The van der Waals surface area contributed by atoms with E-state index in [0.29, 0.717) is 0 Å². The summed E-state index contributed by atoms with van der Waals surface area (Å²) in [7, 11) is 0. The van der Waals surface area contributed by atoms with E-state index in [0.717, 1.165) is 11.4 Å². The molecule has 2 aromatic heterocycles. The number of benzene rings is 11. The van der Waals surface area contributed by atoms with Crippen molar-refractivity contribution in [2.45, 2.75) is 0 Å². The summed E-state index contributed by atoms with van der Waals surface area (Å²) in [5, 5.41) is 12.6. The van der Waals surface area contributed by atoms with E-state index < -0.39 is 0 Å². The van der Waals surface area contributed by atoms with E-state index in [1.165, 1.54) is 120 Å². The summed E-state index contributed by atoms with van der Waals surface area (Å²) < 4.78 is 4.92. The molecule has 0 spiro atoms. The standard InChI is InChI=1S/C60H36N2/c1-2-12-43(13-3-1)62-58-36-40(26-29-51(58)55-30-24-38-11-4-5-14-46(38)60(55)62)39-25-28-50-49-17-8-9-20-56(49)61(57(50)35-39)44-27-23-37-21-22-41(33-42(37)34-44)45-31-32-54-48-16-7-6-15-47(48)53-19-10-18-52(45)59(53)54/h1-36H. The van der Waals surface area contributed by atoms with Crippen LogP contribution in [0.5, 0.6) is 0 Å². The van der Waals surface area contributed by atoms with Crippen molar-refractivity contribution in [3.05, 3.63) is 218 Å². The normalized spacial score (nSPS) is 12.2. The van der Waals surface area contributed by atoms with Gasteiger partial charge in [-0.25, -0.2) is 0 Å². The van der Waals surface area contributed by atoms with Gasteiger partial charge >= 0.3 is 0 Å². The number of hydrogen-bond acceptors (Lipinski definition) is 0. The average molecular weight is 785 g/mol. The van der Waals surface area contributed by atoms with E-state index in [1.54, 1.807) is 0 Å². The minimum absolute atomic E-state index is 1.15. The fraction of sp³-hybridized carbons (Fsp3) is 0. The van der Waals surface area contributed by atoms with Crippen LogP contribution in [0, 0.1) is 0 Å². The van der Waals surface area contributed by atoms with Crippen molar-refractivity contribution in [2.75, 3.05) is 0 Å². The fourth-order valence-corrected chi connectivity index (χ4v) is 10.8. The van der Waals surface area contributed by atoms with Gasteiger partial charge in [-0.3, -0.25) is 0 Å². The molecule has 0 amide bonds. The first-order valence-corrected chi connectivity index (χ1v) is 21.5. The van der Waals surface area contributed by atoms with Crippen molar-refractivity contribution >= 4 is 75.9 Å². The van der Waals surface area contributed by atoms with Crippen molar-refractivity contribution in [3.63, 3.8) is 0 Å². The molecule has 2 nitrogen and oxygen atoms in total. The Kier molecular flexibility index (Phi) is 6.86. The second kappa shape index (κ2) is 12.7. The molecule has 2 heterocycles. The van der Waals surface area contributed by atoms with Gasteiger partial charge in [0.1, 0.15) is 0 Å². The summed E-state index contributed by atoms with van der Waals surface area (Å²) in [4.78, 5) is 0. The molecule has 2 heteroatoms. The molecule has 0 unspecified atom stereocenters. The van der Waals surface area contributed by atoms with Gasteiger partial charge in [0.05, 0.1) is 22.1 Å². The lowest BCUT2D eigenvalue weighted by molar-refractivity contribution is 1.18. The van der Waals surface area contributed by atoms with Crippen molar-refractivity contribution in [3.8, 4) is 55.9 Å². The number of nitrogens with zero attached hydrogens (tertiary/aromatic N) is 2. The van der Waals surface area contributed by atoms with E-state index in [-0.39, 0.29) is 0 Å². The molecule has 1 aliphatic carbocycles. The molecule has 0 atom stereocenters. The van der Waals surface area contributed by atoms with Gasteiger partial charge < -0.3 is 9.13 Å². The lowest BCUT2D eigenvalue weighted by Gasteiger charge is -2.13. The van der Waals surface area contributed by atoms with Crippen LogP contribution in [0.2, 0.25) is 0 Å². The highest BCUT2D eigenvalue weighted by atomic mass is 15.0. The van der Waals surface area contributed by atoms with E-state index in [9.17, 15) is 0 Å². The lowest BCUT2D eigenvalue weighted by atomic mass is 9.93. The van der Waals surface area contributed by atoms with Gasteiger partial charge in [0.2, 0.25) is 0 Å². The quantitative estimate of drug-likeness (QED) is 0.168. The molecule has 11 aromatic carbocycles. The molecule has 286 valence electrons. The lowest BCUT2D eigenvalue weighted by Crippen LogP contribution is -1.95. The molecular formula is C60H36N2. The molecule has 13 aromatic rings. The van der Waals surface area contributed by atoms with Gasteiger partial charge in [0, 0.05) is 38.3 Å². The predicted octanol–water partition coefficient (Wildman–Crippen LogP) is 16.3. The smallest absolute Gasteiger partial charge is 0.0619 e. The Hall–Kier alpha value is -8.20. The second-order valence-electron chi connectivity index (χ2n) is 16.9. The zero-order valence-corrected chi connectivity index (χ0v) is 33.7. The topological polar surface area (TPSA) is 9.86 Å². The van der Waals surface area contributed by atoms with Crippen LogP contribution in [0.1, 0.15) is 0 Å². The summed E-state index contributed by atoms with van der Waals surface area (Å²) in [6.07, 6.45) is 0. The number of aromatic nitrogens is 2. The minimum atomic E-state index is 1.15. The molecule has 0 aliphatic heterocycles. The molecule has 62 heavy (non-hydrogen) atoms. The summed E-state index contributed by atoms with van der Waals surface area (Å²) in [5.74, 6) is 0. The van der Waals surface area contributed by atoms with Gasteiger partial charge in [0.15, 0.2) is 0 Å². The van der Waals surface area contributed by atoms with Crippen molar-refractivity contribution in [1.82, 2.24) is 9.13 Å². The molecule has 1 aliphatic rings. The van der Waals surface area contributed by atoms with Crippen LogP contribution in [0.3, 0.4) is 0 Å². The first kappa shape index (κ1) is 33.6. The summed E-state index contributed by atoms with van der Waals surface area (Å²) in [6, 6.07) is 81.1. The van der Waals surface area contributed by atoms with Gasteiger partial charge in [0.25, 0.3) is 0 Å². The first-order chi connectivity index (χ1) is 30.7. The minimum Gasteiger partial charge on any atom is -0.309 e. The van der Waals surface area contributed by atoms with Crippen LogP contribution in [0.25, 0.3) is 132 Å². The zero-order valence-electron chi connectivity index (χ0n) is 33.7. The molecule has 14 rings (SSSR count). The highest BCUT2D eigenvalue weighted by Crippen LogP contribution is 2.49. The van der Waals surface area contributed by atoms with Gasteiger partial charge in [-0.05, 0) is 120 Å². The van der Waals surface area contributed by atoms with Crippen LogP contribution < -0.4 is 0 Å². The maximum Gasteiger partial charge on any atom is 0.0619 e. The molecule has 0 fully saturated rings. The third-order valence-electron chi connectivity index (χ3n) is 13.6. The predicted molar refractivity (Wildman–Crippen MR) is 263 cm³/mol. The molecule has 0 saturated carbocycles. The van der Waals surface area contributed by atoms with E-state index in [2.05, 4.69) is 228 Å². The van der Waals surface area contributed by atoms with Crippen LogP contribution in [-0.4, -0.2) is 9.13 Å². The van der Waals surface area contributed by atoms with E-state index in [4.69, 9.17) is 0 Å². The van der Waals surface area contributed by atoms with Gasteiger partial charge in [-0.2, -0.15) is 0 Å². The maximum atomic E-state index is 2.46. The Balaban J connectivity index is 0.941. The van der Waals surface area contributed by atoms with Crippen LogP contribution in [0.15, 0.2) is 218 Å². The number of rotatable bonds is 4. The average Bonchev–Trinajstić information content (AvgIpc) is 3.98. The Labute approximate surface area is 357 Å². The largest absolute Gasteiger partial charge is 0.309 e. The Morgan fingerprint density at radius 2 is 0.823 bits per heavy atom. The van der Waals surface area contributed by atoms with Crippen molar-refractivity contribution in [2.24, 2.45) is 0 Å². The molecule has 0 saturated heterocycles. The van der Waals surface area contributed by atoms with Gasteiger partial charge in [-0.15, -0.1) is 0 Å². The maximum absolute atomic E-state index is 2.46. The van der Waals surface area contributed by atoms with Crippen LogP contribution >= 0.6 is 0 Å².